The van der Waals surface area contributed by atoms with E-state index in [0.29, 0.717) is 6.42 Å². The lowest BCUT2D eigenvalue weighted by molar-refractivity contribution is 0.300. The van der Waals surface area contributed by atoms with E-state index in [1.807, 2.05) is 6.92 Å². The van der Waals surface area contributed by atoms with Gasteiger partial charge in [-0.2, -0.15) is 0 Å². The van der Waals surface area contributed by atoms with Gasteiger partial charge in [-0.3, -0.25) is 0 Å². The monoisotopic (exact) mass is 327 g/mol. The molecule has 2 rings (SSSR count). The molecule has 1 aliphatic carbocycles. The van der Waals surface area contributed by atoms with Crippen LogP contribution < -0.4 is 5.14 Å². The van der Waals surface area contributed by atoms with E-state index in [1.54, 1.807) is 12.1 Å². The SMILES string of the molecule is CCCC(C1CCC(c2ccc(O)cc2O)CC1)S(N)(=O)=O. The Labute approximate surface area is 132 Å². The summed E-state index contributed by atoms with van der Waals surface area (Å²) in [6.07, 6.45) is 4.67. The van der Waals surface area contributed by atoms with Crippen molar-refractivity contribution in [2.45, 2.75) is 56.6 Å². The molecule has 1 aromatic carbocycles. The van der Waals surface area contributed by atoms with Crippen LogP contribution in [0.2, 0.25) is 0 Å². The maximum Gasteiger partial charge on any atom is 0.212 e. The number of benzene rings is 1. The molecule has 6 heteroatoms. The lowest BCUT2D eigenvalue weighted by Gasteiger charge is -2.33. The predicted octanol–water partition coefficient (Wildman–Crippen LogP) is 2.83. The summed E-state index contributed by atoms with van der Waals surface area (Å²) in [5.74, 6) is 0.470. The molecule has 0 aliphatic heterocycles. The summed E-state index contributed by atoms with van der Waals surface area (Å²) >= 11 is 0. The minimum Gasteiger partial charge on any atom is -0.508 e. The molecule has 0 heterocycles. The molecular formula is C16H25NO4S. The van der Waals surface area contributed by atoms with Gasteiger partial charge in [0.25, 0.3) is 0 Å². The van der Waals surface area contributed by atoms with Gasteiger partial charge >= 0.3 is 0 Å². The molecule has 1 aliphatic rings. The van der Waals surface area contributed by atoms with Gasteiger partial charge in [0.1, 0.15) is 11.5 Å². The Morgan fingerprint density at radius 3 is 2.36 bits per heavy atom. The Morgan fingerprint density at radius 2 is 1.86 bits per heavy atom. The van der Waals surface area contributed by atoms with Crippen LogP contribution >= 0.6 is 0 Å². The fourth-order valence-electron chi connectivity index (χ4n) is 3.63. The van der Waals surface area contributed by atoms with Gasteiger partial charge in [0, 0.05) is 6.07 Å². The predicted molar refractivity (Wildman–Crippen MR) is 86.3 cm³/mol. The number of phenols is 2. The molecule has 0 saturated heterocycles. The summed E-state index contributed by atoms with van der Waals surface area (Å²) in [6, 6.07) is 4.68. The fraction of sp³-hybridized carbons (Fsp3) is 0.625. The first-order valence-electron chi connectivity index (χ1n) is 7.86. The van der Waals surface area contributed by atoms with E-state index in [0.717, 1.165) is 37.7 Å². The highest BCUT2D eigenvalue weighted by atomic mass is 32.2. The van der Waals surface area contributed by atoms with Gasteiger partial charge in [0.2, 0.25) is 10.0 Å². The Hall–Kier alpha value is -1.27. The number of primary sulfonamides is 1. The molecule has 4 N–H and O–H groups in total. The van der Waals surface area contributed by atoms with Gasteiger partial charge in [0.05, 0.1) is 5.25 Å². The van der Waals surface area contributed by atoms with Crippen molar-refractivity contribution in [2.75, 3.05) is 0 Å². The van der Waals surface area contributed by atoms with Crippen LogP contribution in [0, 0.1) is 5.92 Å². The lowest BCUT2D eigenvalue weighted by atomic mass is 9.76. The summed E-state index contributed by atoms with van der Waals surface area (Å²) in [7, 11) is -3.51. The zero-order valence-electron chi connectivity index (χ0n) is 12.9. The summed E-state index contributed by atoms with van der Waals surface area (Å²) in [5.41, 5.74) is 0.832. The molecule has 1 unspecified atom stereocenters. The largest absolute Gasteiger partial charge is 0.508 e. The zero-order valence-corrected chi connectivity index (χ0v) is 13.7. The van der Waals surface area contributed by atoms with E-state index < -0.39 is 15.3 Å². The molecule has 0 spiro atoms. The lowest BCUT2D eigenvalue weighted by Crippen LogP contribution is -2.36. The molecule has 0 bridgehead atoms. The molecule has 1 saturated carbocycles. The van der Waals surface area contributed by atoms with E-state index in [2.05, 4.69) is 0 Å². The van der Waals surface area contributed by atoms with Crippen molar-refractivity contribution >= 4 is 10.0 Å². The molecule has 1 atom stereocenters. The van der Waals surface area contributed by atoms with E-state index in [1.165, 1.54) is 6.07 Å². The van der Waals surface area contributed by atoms with Gasteiger partial charge in [0.15, 0.2) is 0 Å². The van der Waals surface area contributed by atoms with Gasteiger partial charge in [-0.15, -0.1) is 0 Å². The second-order valence-corrected chi connectivity index (χ2v) is 8.05. The van der Waals surface area contributed by atoms with E-state index in [4.69, 9.17) is 5.14 Å². The van der Waals surface area contributed by atoms with Crippen LogP contribution in [0.3, 0.4) is 0 Å². The minimum atomic E-state index is -3.51. The second-order valence-electron chi connectivity index (χ2n) is 6.27. The second kappa shape index (κ2) is 6.87. The van der Waals surface area contributed by atoms with Gasteiger partial charge in [-0.25, -0.2) is 13.6 Å². The van der Waals surface area contributed by atoms with Crippen molar-refractivity contribution in [3.8, 4) is 11.5 Å². The highest BCUT2D eigenvalue weighted by Crippen LogP contribution is 2.42. The van der Waals surface area contributed by atoms with Gasteiger partial charge in [-0.1, -0.05) is 19.4 Å². The van der Waals surface area contributed by atoms with E-state index in [9.17, 15) is 18.6 Å². The average Bonchev–Trinajstić information content (AvgIpc) is 2.44. The van der Waals surface area contributed by atoms with E-state index in [-0.39, 0.29) is 23.3 Å². The summed E-state index contributed by atoms with van der Waals surface area (Å²) in [6.45, 7) is 1.97. The Kier molecular flexibility index (Phi) is 5.34. The number of sulfonamides is 1. The number of nitrogens with two attached hydrogens (primary N) is 1. The van der Waals surface area contributed by atoms with Crippen molar-refractivity contribution < 1.29 is 18.6 Å². The molecule has 1 aromatic rings. The quantitative estimate of drug-likeness (QED) is 0.774. The first-order chi connectivity index (χ1) is 10.3. The fourth-order valence-corrected chi connectivity index (χ4v) is 5.00. The first-order valence-corrected chi connectivity index (χ1v) is 9.47. The highest BCUT2D eigenvalue weighted by molar-refractivity contribution is 7.89. The van der Waals surface area contributed by atoms with Crippen LogP contribution in [-0.4, -0.2) is 23.9 Å². The third-order valence-corrected chi connectivity index (χ3v) is 6.21. The third-order valence-electron chi connectivity index (χ3n) is 4.75. The molecule has 0 radical (unpaired) electrons. The normalized spacial score (nSPS) is 24.1. The number of phenolic OH excluding ortho intramolecular Hbond substituents is 2. The van der Waals surface area contributed by atoms with Crippen molar-refractivity contribution in [1.29, 1.82) is 0 Å². The maximum atomic E-state index is 11.8. The Morgan fingerprint density at radius 1 is 1.23 bits per heavy atom. The van der Waals surface area contributed by atoms with Gasteiger partial charge < -0.3 is 10.2 Å². The van der Waals surface area contributed by atoms with Crippen LogP contribution in [0.4, 0.5) is 0 Å². The van der Waals surface area contributed by atoms with Crippen LogP contribution in [0.1, 0.15) is 56.9 Å². The maximum absolute atomic E-state index is 11.8. The standard InChI is InChI=1S/C16H25NO4S/c1-2-3-16(22(17,20)21)12-6-4-11(5-7-12)14-9-8-13(18)10-15(14)19/h8-12,16,18-19H,2-7H2,1H3,(H2,17,20,21). The number of rotatable bonds is 5. The minimum absolute atomic E-state index is 0.0483. The molecule has 22 heavy (non-hydrogen) atoms. The van der Waals surface area contributed by atoms with Crippen molar-refractivity contribution in [2.24, 2.45) is 11.1 Å². The topological polar surface area (TPSA) is 101 Å². The van der Waals surface area contributed by atoms with E-state index >= 15 is 0 Å². The van der Waals surface area contributed by atoms with Gasteiger partial charge in [-0.05, 0) is 55.6 Å². The summed E-state index contributed by atoms with van der Waals surface area (Å²) < 4.78 is 23.5. The molecule has 124 valence electrons. The molecule has 1 fully saturated rings. The Bertz CT molecular complexity index is 607. The first kappa shape index (κ1) is 17.1. The highest BCUT2D eigenvalue weighted by Gasteiger charge is 2.34. The molecular weight excluding hydrogens is 302 g/mol. The zero-order chi connectivity index (χ0) is 16.3. The molecule has 0 aromatic heterocycles. The third kappa shape index (κ3) is 3.93. The molecule has 0 amide bonds. The van der Waals surface area contributed by atoms with Crippen LogP contribution in [0.5, 0.6) is 11.5 Å². The summed E-state index contributed by atoms with van der Waals surface area (Å²) in [5, 5.41) is 24.3. The summed E-state index contributed by atoms with van der Waals surface area (Å²) in [4.78, 5) is 0. The average molecular weight is 327 g/mol. The smallest absolute Gasteiger partial charge is 0.212 e. The van der Waals surface area contributed by atoms with Crippen molar-refractivity contribution in [3.63, 3.8) is 0 Å². The number of hydrogen-bond donors (Lipinski definition) is 3. The number of hydrogen-bond acceptors (Lipinski definition) is 4. The van der Waals surface area contributed by atoms with Crippen molar-refractivity contribution in [3.05, 3.63) is 23.8 Å². The van der Waals surface area contributed by atoms with Crippen LogP contribution in [0.25, 0.3) is 0 Å². The van der Waals surface area contributed by atoms with Crippen LogP contribution in [-0.2, 0) is 10.0 Å². The Balaban J connectivity index is 2.06. The number of aromatic hydroxyl groups is 2. The van der Waals surface area contributed by atoms with Crippen molar-refractivity contribution in [1.82, 2.24) is 0 Å². The molecule has 5 nitrogen and oxygen atoms in total. The van der Waals surface area contributed by atoms with Crippen LogP contribution in [0.15, 0.2) is 18.2 Å².